The van der Waals surface area contributed by atoms with Gasteiger partial charge >= 0.3 is 0 Å². The highest BCUT2D eigenvalue weighted by molar-refractivity contribution is 5.89. The lowest BCUT2D eigenvalue weighted by atomic mass is 9.87. The van der Waals surface area contributed by atoms with Gasteiger partial charge in [0.15, 0.2) is 0 Å². The van der Waals surface area contributed by atoms with Crippen LogP contribution >= 0.6 is 0 Å². The molecule has 1 nitrogen and oxygen atoms in total. The molecule has 0 N–H and O–H groups in total. The second-order valence-corrected chi connectivity index (χ2v) is 4.97. The minimum atomic E-state index is 0.491. The van der Waals surface area contributed by atoms with Crippen molar-refractivity contribution in [1.29, 1.82) is 0 Å². The molecule has 0 heterocycles. The summed E-state index contributed by atoms with van der Waals surface area (Å²) in [6.45, 7) is 3.78. The third-order valence-corrected chi connectivity index (χ3v) is 4.72. The molecule has 0 bridgehead atoms. The van der Waals surface area contributed by atoms with Gasteiger partial charge < -0.3 is 0 Å². The van der Waals surface area contributed by atoms with Gasteiger partial charge in [-0.05, 0) is 42.9 Å². The first-order valence-corrected chi connectivity index (χ1v) is 5.44. The third kappa shape index (κ3) is 0.722. The van der Waals surface area contributed by atoms with Gasteiger partial charge in [-0.3, -0.25) is 4.79 Å². The number of rotatable bonds is 3. The van der Waals surface area contributed by atoms with Crippen molar-refractivity contribution in [2.24, 2.45) is 23.2 Å². The summed E-state index contributed by atoms with van der Waals surface area (Å²) in [5.74, 6) is 2.62. The molecular formula is C12H16O. The first-order chi connectivity index (χ1) is 6.30. The number of ketones is 1. The average molecular weight is 176 g/mol. The van der Waals surface area contributed by atoms with E-state index < -0.39 is 0 Å². The van der Waals surface area contributed by atoms with E-state index in [0.29, 0.717) is 17.1 Å². The zero-order chi connectivity index (χ0) is 9.05. The normalized spacial score (nSPS) is 50.8. The summed E-state index contributed by atoms with van der Waals surface area (Å²) in [5.41, 5.74) is 0.491. The summed E-state index contributed by atoms with van der Waals surface area (Å²) < 4.78 is 0. The van der Waals surface area contributed by atoms with Crippen LogP contribution in [0.15, 0.2) is 12.7 Å². The van der Waals surface area contributed by atoms with Gasteiger partial charge in [0.05, 0.1) is 0 Å². The van der Waals surface area contributed by atoms with Crippen LogP contribution < -0.4 is 0 Å². The van der Waals surface area contributed by atoms with E-state index in [1.807, 2.05) is 6.08 Å². The molecule has 70 valence electrons. The lowest BCUT2D eigenvalue weighted by Gasteiger charge is -2.16. The summed E-state index contributed by atoms with van der Waals surface area (Å²) in [6, 6.07) is 0. The quantitative estimate of drug-likeness (QED) is 0.604. The van der Waals surface area contributed by atoms with Crippen LogP contribution in [0.4, 0.5) is 0 Å². The van der Waals surface area contributed by atoms with Crippen LogP contribution in [0.25, 0.3) is 0 Å². The van der Waals surface area contributed by atoms with Gasteiger partial charge in [-0.15, -0.1) is 6.58 Å². The molecule has 0 aromatic carbocycles. The topological polar surface area (TPSA) is 17.1 Å². The Morgan fingerprint density at radius 1 is 1.54 bits per heavy atom. The highest BCUT2D eigenvalue weighted by Gasteiger charge is 2.76. The van der Waals surface area contributed by atoms with Crippen LogP contribution in [0, 0.1) is 23.2 Å². The zero-order valence-electron chi connectivity index (χ0n) is 7.96. The van der Waals surface area contributed by atoms with Gasteiger partial charge in [-0.25, -0.2) is 0 Å². The van der Waals surface area contributed by atoms with E-state index in [-0.39, 0.29) is 0 Å². The maximum atomic E-state index is 11.6. The van der Waals surface area contributed by atoms with Gasteiger partial charge in [0, 0.05) is 12.3 Å². The standard InChI is InChI=1S/C12H16O/c1-2-3-6-12-8-4-5-9(12)11(12)10(13)7-8/h2,8-9,11H,1,3-7H2. The lowest BCUT2D eigenvalue weighted by molar-refractivity contribution is -0.119. The number of carbonyl (C=O) groups is 1. The fraction of sp³-hybridized carbons (Fsp3) is 0.750. The lowest BCUT2D eigenvalue weighted by Crippen LogP contribution is -2.09. The molecule has 3 aliphatic carbocycles. The second-order valence-electron chi connectivity index (χ2n) is 4.97. The van der Waals surface area contributed by atoms with Crippen molar-refractivity contribution >= 4 is 5.78 Å². The Kier molecular flexibility index (Phi) is 1.35. The predicted molar refractivity (Wildman–Crippen MR) is 51.2 cm³/mol. The zero-order valence-corrected chi connectivity index (χ0v) is 7.96. The van der Waals surface area contributed by atoms with Crippen LogP contribution in [-0.4, -0.2) is 5.78 Å². The minimum Gasteiger partial charge on any atom is -0.299 e. The number of hydrogen-bond donors (Lipinski definition) is 0. The Morgan fingerprint density at radius 2 is 2.38 bits per heavy atom. The van der Waals surface area contributed by atoms with Gasteiger partial charge in [0.25, 0.3) is 0 Å². The third-order valence-electron chi connectivity index (χ3n) is 4.72. The smallest absolute Gasteiger partial charge is 0.137 e. The maximum Gasteiger partial charge on any atom is 0.137 e. The highest BCUT2D eigenvalue weighted by atomic mass is 16.1. The maximum absolute atomic E-state index is 11.6. The molecule has 3 aliphatic rings. The molecule has 0 spiro atoms. The van der Waals surface area contributed by atoms with E-state index in [2.05, 4.69) is 6.58 Å². The van der Waals surface area contributed by atoms with Crippen LogP contribution in [0.2, 0.25) is 0 Å². The summed E-state index contributed by atoms with van der Waals surface area (Å²) in [5, 5.41) is 0. The molecular weight excluding hydrogens is 160 g/mol. The molecule has 3 rings (SSSR count). The van der Waals surface area contributed by atoms with Crippen LogP contribution in [0.1, 0.15) is 32.1 Å². The van der Waals surface area contributed by atoms with Crippen LogP contribution in [0.5, 0.6) is 0 Å². The predicted octanol–water partition coefficient (Wildman–Crippen LogP) is 2.57. The molecule has 3 saturated carbocycles. The van der Waals surface area contributed by atoms with Crippen molar-refractivity contribution in [2.45, 2.75) is 32.1 Å². The number of allylic oxidation sites excluding steroid dienone is 1. The van der Waals surface area contributed by atoms with Gasteiger partial charge in [-0.1, -0.05) is 6.08 Å². The molecule has 13 heavy (non-hydrogen) atoms. The van der Waals surface area contributed by atoms with Crippen LogP contribution in [0.3, 0.4) is 0 Å². The molecule has 1 heteroatoms. The van der Waals surface area contributed by atoms with Crippen molar-refractivity contribution in [3.63, 3.8) is 0 Å². The van der Waals surface area contributed by atoms with Gasteiger partial charge in [0.1, 0.15) is 5.78 Å². The number of Topliss-reactive ketones (excluding diaryl/α,β-unsaturated/α-hetero) is 1. The fourth-order valence-corrected chi connectivity index (χ4v) is 4.27. The van der Waals surface area contributed by atoms with Crippen molar-refractivity contribution in [3.8, 4) is 0 Å². The number of carbonyl (C=O) groups excluding carboxylic acids is 1. The largest absolute Gasteiger partial charge is 0.299 e. The SMILES string of the molecule is C=CCCC12C3CCC1C2C(=O)C3. The Labute approximate surface area is 79.2 Å². The highest BCUT2D eigenvalue weighted by Crippen LogP contribution is 2.78. The molecule has 3 fully saturated rings. The Hall–Kier alpha value is -0.590. The molecule has 4 unspecified atom stereocenters. The van der Waals surface area contributed by atoms with Crippen molar-refractivity contribution in [1.82, 2.24) is 0 Å². The molecule has 0 aromatic heterocycles. The summed E-state index contributed by atoms with van der Waals surface area (Å²) >= 11 is 0. The molecule has 0 aliphatic heterocycles. The summed E-state index contributed by atoms with van der Waals surface area (Å²) in [4.78, 5) is 11.6. The molecule has 4 atom stereocenters. The van der Waals surface area contributed by atoms with E-state index >= 15 is 0 Å². The fourth-order valence-electron chi connectivity index (χ4n) is 4.27. The van der Waals surface area contributed by atoms with E-state index in [1.165, 1.54) is 19.3 Å². The first kappa shape index (κ1) is 7.78. The van der Waals surface area contributed by atoms with E-state index in [9.17, 15) is 4.79 Å². The Balaban J connectivity index is 1.85. The van der Waals surface area contributed by atoms with Crippen molar-refractivity contribution in [3.05, 3.63) is 12.7 Å². The summed E-state index contributed by atoms with van der Waals surface area (Å²) in [7, 11) is 0. The first-order valence-electron chi connectivity index (χ1n) is 5.44. The Morgan fingerprint density at radius 3 is 3.00 bits per heavy atom. The minimum absolute atomic E-state index is 0.491. The van der Waals surface area contributed by atoms with E-state index in [4.69, 9.17) is 0 Å². The molecule has 0 amide bonds. The van der Waals surface area contributed by atoms with Gasteiger partial charge in [0.2, 0.25) is 0 Å². The van der Waals surface area contributed by atoms with E-state index in [0.717, 1.165) is 24.7 Å². The molecule has 0 saturated heterocycles. The monoisotopic (exact) mass is 176 g/mol. The van der Waals surface area contributed by atoms with Crippen molar-refractivity contribution in [2.75, 3.05) is 0 Å². The second kappa shape index (κ2) is 2.26. The molecule has 0 aromatic rings. The average Bonchev–Trinajstić information content (AvgIpc) is 2.60. The number of hydrogen-bond acceptors (Lipinski definition) is 1. The number of fused-ring (bicyclic) bond motifs is 1. The van der Waals surface area contributed by atoms with Gasteiger partial charge in [-0.2, -0.15) is 0 Å². The molecule has 0 radical (unpaired) electrons. The Bertz CT molecular complexity index is 281. The van der Waals surface area contributed by atoms with E-state index in [1.54, 1.807) is 0 Å². The van der Waals surface area contributed by atoms with Crippen molar-refractivity contribution < 1.29 is 4.79 Å². The van der Waals surface area contributed by atoms with Crippen LogP contribution in [-0.2, 0) is 4.79 Å². The summed E-state index contributed by atoms with van der Waals surface area (Å²) in [6.07, 6.45) is 7.91.